The van der Waals surface area contributed by atoms with Gasteiger partial charge in [-0.1, -0.05) is 24.3 Å². The lowest BCUT2D eigenvalue weighted by molar-refractivity contribution is -0.136. The van der Waals surface area contributed by atoms with Crippen molar-refractivity contribution in [1.82, 2.24) is 10.6 Å². The number of benzene rings is 1. The monoisotopic (exact) mass is 272 g/mol. The molecule has 2 N–H and O–H groups in total. The second-order valence-corrected chi connectivity index (χ2v) is 4.49. The lowest BCUT2D eigenvalue weighted by Crippen LogP contribution is -2.42. The summed E-state index contributed by atoms with van der Waals surface area (Å²) in [6.07, 6.45) is -4.43. The summed E-state index contributed by atoms with van der Waals surface area (Å²) in [5.74, 6) is -0.406. The van der Waals surface area contributed by atoms with E-state index in [0.717, 1.165) is 17.5 Å². The molecule has 1 heterocycles. The molecule has 104 valence electrons. The number of hydrogen-bond acceptors (Lipinski definition) is 2. The molecule has 0 saturated carbocycles. The summed E-state index contributed by atoms with van der Waals surface area (Å²) >= 11 is 0. The molecular weight excluding hydrogens is 257 g/mol. The Labute approximate surface area is 109 Å². The Hall–Kier alpha value is -1.56. The van der Waals surface area contributed by atoms with E-state index >= 15 is 0 Å². The summed E-state index contributed by atoms with van der Waals surface area (Å²) in [7, 11) is 0. The molecule has 1 aromatic rings. The smallest absolute Gasteiger partial charge is 0.354 e. The van der Waals surface area contributed by atoms with Crippen LogP contribution in [0.3, 0.4) is 0 Å². The third kappa shape index (κ3) is 3.70. The zero-order valence-electron chi connectivity index (χ0n) is 10.3. The lowest BCUT2D eigenvalue weighted by atomic mass is 9.94. The molecule has 0 radical (unpaired) electrons. The van der Waals surface area contributed by atoms with E-state index in [9.17, 15) is 18.0 Å². The molecule has 1 aliphatic rings. The maximum atomic E-state index is 12.0. The van der Waals surface area contributed by atoms with E-state index in [4.69, 9.17) is 0 Å². The fourth-order valence-electron chi connectivity index (χ4n) is 2.17. The number of fused-ring (bicyclic) bond motifs is 1. The normalized spacial score (nSPS) is 18.8. The summed E-state index contributed by atoms with van der Waals surface area (Å²) in [6.45, 7) is 0.261. The minimum atomic E-state index is -4.24. The number of carbonyl (C=O) groups is 1. The van der Waals surface area contributed by atoms with Crippen molar-refractivity contribution < 1.29 is 18.0 Å². The second-order valence-electron chi connectivity index (χ2n) is 4.49. The fourth-order valence-corrected chi connectivity index (χ4v) is 2.17. The van der Waals surface area contributed by atoms with Gasteiger partial charge in [-0.05, 0) is 17.5 Å². The predicted molar refractivity (Wildman–Crippen MR) is 64.6 cm³/mol. The average Bonchev–Trinajstić information content (AvgIpc) is 2.36. The Balaban J connectivity index is 1.97. The molecule has 0 unspecified atom stereocenters. The van der Waals surface area contributed by atoms with Gasteiger partial charge in [0.1, 0.15) is 6.04 Å². The Bertz CT molecular complexity index is 459. The van der Waals surface area contributed by atoms with Crippen molar-refractivity contribution in [2.75, 3.05) is 13.1 Å². The van der Waals surface area contributed by atoms with Crippen LogP contribution in [-0.4, -0.2) is 25.2 Å². The average molecular weight is 272 g/mol. The quantitative estimate of drug-likeness (QED) is 0.883. The Morgan fingerprint density at radius 3 is 2.84 bits per heavy atom. The van der Waals surface area contributed by atoms with Crippen LogP contribution in [0.2, 0.25) is 0 Å². The second kappa shape index (κ2) is 5.61. The number of carbonyl (C=O) groups excluding carboxylic acids is 1. The van der Waals surface area contributed by atoms with Crippen LogP contribution in [0.1, 0.15) is 23.6 Å². The topological polar surface area (TPSA) is 41.1 Å². The number of alkyl halides is 3. The van der Waals surface area contributed by atoms with Crippen molar-refractivity contribution in [1.29, 1.82) is 0 Å². The van der Waals surface area contributed by atoms with Gasteiger partial charge in [-0.2, -0.15) is 13.2 Å². The standard InChI is InChI=1S/C13H15F3N2O/c14-13(15,16)6-8-18-12(19)11-10-4-2-1-3-9(10)5-7-17-11/h1-4,11,17H,5-8H2,(H,18,19)/t11-/m1/s1. The van der Waals surface area contributed by atoms with E-state index < -0.39 is 24.5 Å². The lowest BCUT2D eigenvalue weighted by Gasteiger charge is -2.26. The molecule has 0 aromatic heterocycles. The molecule has 3 nitrogen and oxygen atoms in total. The fraction of sp³-hybridized carbons (Fsp3) is 0.462. The van der Waals surface area contributed by atoms with Gasteiger partial charge >= 0.3 is 6.18 Å². The molecule has 1 amide bonds. The van der Waals surface area contributed by atoms with E-state index in [1.807, 2.05) is 24.3 Å². The van der Waals surface area contributed by atoms with Gasteiger partial charge in [-0.15, -0.1) is 0 Å². The third-order valence-corrected chi connectivity index (χ3v) is 3.08. The molecule has 2 rings (SSSR count). The number of halogens is 3. The van der Waals surface area contributed by atoms with Gasteiger partial charge in [0.05, 0.1) is 6.42 Å². The van der Waals surface area contributed by atoms with E-state index in [1.54, 1.807) is 0 Å². The number of rotatable bonds is 3. The van der Waals surface area contributed by atoms with Gasteiger partial charge in [0, 0.05) is 13.1 Å². The van der Waals surface area contributed by atoms with Crippen LogP contribution in [0, 0.1) is 0 Å². The maximum absolute atomic E-state index is 12.0. The summed E-state index contributed by atoms with van der Waals surface area (Å²) in [4.78, 5) is 11.9. The van der Waals surface area contributed by atoms with Crippen molar-refractivity contribution in [3.63, 3.8) is 0 Å². The third-order valence-electron chi connectivity index (χ3n) is 3.08. The predicted octanol–water partition coefficient (Wildman–Crippen LogP) is 1.94. The summed E-state index contributed by atoms with van der Waals surface area (Å²) in [6, 6.07) is 6.92. The van der Waals surface area contributed by atoms with Gasteiger partial charge in [0.25, 0.3) is 0 Å². The van der Waals surface area contributed by atoms with Crippen molar-refractivity contribution in [3.8, 4) is 0 Å². The molecule has 0 spiro atoms. The largest absolute Gasteiger partial charge is 0.390 e. The molecule has 6 heteroatoms. The highest BCUT2D eigenvalue weighted by Gasteiger charge is 2.29. The minimum Gasteiger partial charge on any atom is -0.354 e. The van der Waals surface area contributed by atoms with E-state index in [0.29, 0.717) is 6.54 Å². The first kappa shape index (κ1) is 13.9. The number of nitrogens with one attached hydrogen (secondary N) is 2. The van der Waals surface area contributed by atoms with Gasteiger partial charge in [0.2, 0.25) is 5.91 Å². The summed E-state index contributed by atoms with van der Waals surface area (Å²) < 4.78 is 36.1. The van der Waals surface area contributed by atoms with E-state index in [2.05, 4.69) is 10.6 Å². The van der Waals surface area contributed by atoms with Gasteiger partial charge in [0.15, 0.2) is 0 Å². The van der Waals surface area contributed by atoms with Crippen molar-refractivity contribution >= 4 is 5.91 Å². The SMILES string of the molecule is O=C(NCCC(F)(F)F)[C@@H]1NCCc2ccccc21. The Kier molecular flexibility index (Phi) is 4.09. The zero-order valence-corrected chi connectivity index (χ0v) is 10.3. The Morgan fingerprint density at radius 1 is 1.37 bits per heavy atom. The molecule has 0 bridgehead atoms. The molecule has 19 heavy (non-hydrogen) atoms. The molecule has 1 aromatic carbocycles. The van der Waals surface area contributed by atoms with Crippen LogP contribution in [0.25, 0.3) is 0 Å². The van der Waals surface area contributed by atoms with Crippen LogP contribution < -0.4 is 10.6 Å². The van der Waals surface area contributed by atoms with Gasteiger partial charge in [-0.3, -0.25) is 4.79 Å². The molecular formula is C13H15F3N2O. The van der Waals surface area contributed by atoms with Gasteiger partial charge < -0.3 is 10.6 Å². The minimum absolute atomic E-state index is 0.386. The molecule has 0 fully saturated rings. The van der Waals surface area contributed by atoms with Crippen LogP contribution in [-0.2, 0) is 11.2 Å². The van der Waals surface area contributed by atoms with Crippen LogP contribution >= 0.6 is 0 Å². The van der Waals surface area contributed by atoms with Gasteiger partial charge in [-0.25, -0.2) is 0 Å². The first-order chi connectivity index (χ1) is 8.97. The van der Waals surface area contributed by atoms with Crippen LogP contribution in [0.15, 0.2) is 24.3 Å². The van der Waals surface area contributed by atoms with Crippen molar-refractivity contribution in [2.24, 2.45) is 0 Å². The number of hydrogen-bond donors (Lipinski definition) is 2. The Morgan fingerprint density at radius 2 is 2.11 bits per heavy atom. The highest BCUT2D eigenvalue weighted by atomic mass is 19.4. The van der Waals surface area contributed by atoms with Crippen LogP contribution in [0.4, 0.5) is 13.2 Å². The molecule has 1 atom stereocenters. The van der Waals surface area contributed by atoms with E-state index in [-0.39, 0.29) is 6.54 Å². The summed E-state index contributed by atoms with van der Waals surface area (Å²) in [5, 5.41) is 5.36. The highest BCUT2D eigenvalue weighted by Crippen LogP contribution is 2.23. The highest BCUT2D eigenvalue weighted by molar-refractivity contribution is 5.83. The number of amides is 1. The van der Waals surface area contributed by atoms with Crippen LogP contribution in [0.5, 0.6) is 0 Å². The van der Waals surface area contributed by atoms with Crippen molar-refractivity contribution in [2.45, 2.75) is 25.1 Å². The molecule has 0 saturated heterocycles. The summed E-state index contributed by atoms with van der Waals surface area (Å²) in [5.41, 5.74) is 1.91. The van der Waals surface area contributed by atoms with Crippen molar-refractivity contribution in [3.05, 3.63) is 35.4 Å². The van der Waals surface area contributed by atoms with E-state index in [1.165, 1.54) is 0 Å². The molecule has 0 aliphatic carbocycles. The maximum Gasteiger partial charge on any atom is 0.390 e. The zero-order chi connectivity index (χ0) is 13.9. The first-order valence-corrected chi connectivity index (χ1v) is 6.13. The molecule has 1 aliphatic heterocycles. The first-order valence-electron chi connectivity index (χ1n) is 6.13.